The fraction of sp³-hybridized carbons (Fsp3) is 0.316. The summed E-state index contributed by atoms with van der Waals surface area (Å²) in [6.45, 7) is 2.50. The molecule has 0 spiro atoms. The average molecular weight is 424 g/mol. The van der Waals surface area contributed by atoms with Crippen LogP contribution in [0.3, 0.4) is 0 Å². The summed E-state index contributed by atoms with van der Waals surface area (Å²) < 4.78 is 11.6. The van der Waals surface area contributed by atoms with Crippen LogP contribution in [0.5, 0.6) is 11.5 Å². The van der Waals surface area contributed by atoms with Crippen molar-refractivity contribution in [2.45, 2.75) is 23.5 Å². The second-order valence-corrected chi connectivity index (χ2v) is 7.77. The van der Waals surface area contributed by atoms with Crippen LogP contribution in [0.1, 0.15) is 12.5 Å². The van der Waals surface area contributed by atoms with Crippen LogP contribution >= 0.6 is 27.7 Å². The van der Waals surface area contributed by atoms with Gasteiger partial charge < -0.3 is 14.8 Å². The number of carbonyl (C=O) groups is 1. The highest BCUT2D eigenvalue weighted by Crippen LogP contribution is 2.28. The van der Waals surface area contributed by atoms with Gasteiger partial charge in [0.25, 0.3) is 0 Å². The first-order valence-corrected chi connectivity index (χ1v) is 9.61. The summed E-state index contributed by atoms with van der Waals surface area (Å²) in [7, 11) is 3.23. The summed E-state index contributed by atoms with van der Waals surface area (Å²) in [6, 6.07) is 13.7. The molecule has 0 aliphatic carbocycles. The molecule has 25 heavy (non-hydrogen) atoms. The van der Waals surface area contributed by atoms with E-state index in [2.05, 4.69) is 21.2 Å². The van der Waals surface area contributed by atoms with Gasteiger partial charge in [0.2, 0.25) is 5.91 Å². The Kier molecular flexibility index (Phi) is 7.65. The minimum atomic E-state index is -0.147. The van der Waals surface area contributed by atoms with E-state index in [1.165, 1.54) is 0 Å². The second kappa shape index (κ2) is 9.73. The summed E-state index contributed by atoms with van der Waals surface area (Å²) in [6.07, 6.45) is 0.738. The van der Waals surface area contributed by atoms with Gasteiger partial charge in [-0.05, 0) is 55.3 Å². The van der Waals surface area contributed by atoms with Gasteiger partial charge in [-0.25, -0.2) is 0 Å². The molecule has 1 unspecified atom stereocenters. The molecule has 0 aromatic heterocycles. The Hall–Kier alpha value is -1.66. The summed E-state index contributed by atoms with van der Waals surface area (Å²) in [5.74, 6) is 1.44. The van der Waals surface area contributed by atoms with E-state index in [0.29, 0.717) is 18.0 Å². The predicted molar refractivity (Wildman–Crippen MR) is 106 cm³/mol. The maximum Gasteiger partial charge on any atom is 0.233 e. The molecule has 0 aliphatic heterocycles. The quantitative estimate of drug-likeness (QED) is 0.642. The normalized spacial score (nSPS) is 11.7. The van der Waals surface area contributed by atoms with Crippen molar-refractivity contribution in [3.63, 3.8) is 0 Å². The van der Waals surface area contributed by atoms with Gasteiger partial charge in [-0.3, -0.25) is 4.79 Å². The standard InChI is InChI=1S/C19H22BrNO3S/c1-13(25-16-7-5-15(20)6-8-16)19(22)21-11-10-14-4-9-17(23-2)18(12-14)24-3/h4-9,12-13H,10-11H2,1-3H3,(H,21,22). The van der Waals surface area contributed by atoms with E-state index in [9.17, 15) is 4.79 Å². The van der Waals surface area contributed by atoms with Crippen molar-refractivity contribution in [3.8, 4) is 11.5 Å². The zero-order valence-corrected chi connectivity index (χ0v) is 16.9. The Morgan fingerprint density at radius 1 is 1.12 bits per heavy atom. The van der Waals surface area contributed by atoms with Crippen LogP contribution in [-0.2, 0) is 11.2 Å². The molecule has 0 fully saturated rings. The molecule has 1 amide bonds. The van der Waals surface area contributed by atoms with Gasteiger partial charge in [0, 0.05) is 15.9 Å². The van der Waals surface area contributed by atoms with E-state index in [-0.39, 0.29) is 11.2 Å². The molecule has 1 atom stereocenters. The lowest BCUT2D eigenvalue weighted by Crippen LogP contribution is -2.32. The Morgan fingerprint density at radius 2 is 1.80 bits per heavy atom. The first-order chi connectivity index (χ1) is 12.0. The molecule has 0 bridgehead atoms. The SMILES string of the molecule is COc1ccc(CCNC(=O)C(C)Sc2ccc(Br)cc2)cc1OC. The molecule has 2 aromatic carbocycles. The maximum absolute atomic E-state index is 12.2. The smallest absolute Gasteiger partial charge is 0.233 e. The minimum absolute atomic E-state index is 0.0356. The molecule has 2 aromatic rings. The van der Waals surface area contributed by atoms with Gasteiger partial charge in [0.05, 0.1) is 19.5 Å². The lowest BCUT2D eigenvalue weighted by Gasteiger charge is -2.13. The Labute approximate surface area is 161 Å². The lowest BCUT2D eigenvalue weighted by atomic mass is 10.1. The van der Waals surface area contributed by atoms with Crippen molar-refractivity contribution in [1.29, 1.82) is 0 Å². The topological polar surface area (TPSA) is 47.6 Å². The minimum Gasteiger partial charge on any atom is -0.493 e. The summed E-state index contributed by atoms with van der Waals surface area (Å²) in [5, 5.41) is 2.84. The van der Waals surface area contributed by atoms with Gasteiger partial charge in [-0.1, -0.05) is 22.0 Å². The molecule has 6 heteroatoms. The van der Waals surface area contributed by atoms with E-state index >= 15 is 0 Å². The zero-order valence-electron chi connectivity index (χ0n) is 14.5. The van der Waals surface area contributed by atoms with E-state index in [0.717, 1.165) is 21.4 Å². The fourth-order valence-corrected chi connectivity index (χ4v) is 3.44. The summed E-state index contributed by atoms with van der Waals surface area (Å²) >= 11 is 4.96. The predicted octanol–water partition coefficient (Wildman–Crippen LogP) is 4.31. The van der Waals surface area contributed by atoms with Crippen LogP contribution in [0.4, 0.5) is 0 Å². The second-order valence-electron chi connectivity index (χ2n) is 5.44. The molecule has 0 saturated carbocycles. The van der Waals surface area contributed by atoms with E-state index in [1.54, 1.807) is 26.0 Å². The van der Waals surface area contributed by atoms with Crippen molar-refractivity contribution in [3.05, 3.63) is 52.5 Å². The number of rotatable bonds is 8. The highest BCUT2D eigenvalue weighted by Gasteiger charge is 2.14. The summed E-state index contributed by atoms with van der Waals surface area (Å²) in [4.78, 5) is 13.3. The molecule has 2 rings (SSSR count). The summed E-state index contributed by atoms with van der Waals surface area (Å²) in [5.41, 5.74) is 1.09. The molecule has 134 valence electrons. The van der Waals surface area contributed by atoms with E-state index < -0.39 is 0 Å². The van der Waals surface area contributed by atoms with Gasteiger partial charge >= 0.3 is 0 Å². The number of nitrogens with one attached hydrogen (secondary N) is 1. The molecule has 0 heterocycles. The van der Waals surface area contributed by atoms with Crippen molar-refractivity contribution in [1.82, 2.24) is 5.32 Å². The number of methoxy groups -OCH3 is 2. The Bertz CT molecular complexity index is 706. The van der Waals surface area contributed by atoms with Crippen LogP contribution in [0, 0.1) is 0 Å². The average Bonchev–Trinajstić information content (AvgIpc) is 2.63. The van der Waals surface area contributed by atoms with Crippen molar-refractivity contribution in [2.75, 3.05) is 20.8 Å². The molecule has 1 N–H and O–H groups in total. The first kappa shape index (κ1) is 19.7. The van der Waals surface area contributed by atoms with Crippen LogP contribution in [0.25, 0.3) is 0 Å². The number of amides is 1. The van der Waals surface area contributed by atoms with Gasteiger partial charge in [-0.2, -0.15) is 0 Å². The van der Waals surface area contributed by atoms with Crippen molar-refractivity contribution in [2.24, 2.45) is 0 Å². The van der Waals surface area contributed by atoms with E-state index in [4.69, 9.17) is 9.47 Å². The number of carbonyl (C=O) groups excluding carboxylic acids is 1. The number of thioether (sulfide) groups is 1. The van der Waals surface area contributed by atoms with E-state index in [1.807, 2.05) is 49.4 Å². The molecule has 4 nitrogen and oxygen atoms in total. The highest BCUT2D eigenvalue weighted by atomic mass is 79.9. The number of halogens is 1. The largest absolute Gasteiger partial charge is 0.493 e. The number of benzene rings is 2. The third kappa shape index (κ3) is 5.97. The monoisotopic (exact) mass is 423 g/mol. The van der Waals surface area contributed by atoms with Crippen LogP contribution in [0.2, 0.25) is 0 Å². The molecule has 0 aliphatic rings. The Morgan fingerprint density at radius 3 is 2.44 bits per heavy atom. The Balaban J connectivity index is 1.82. The molecular weight excluding hydrogens is 402 g/mol. The number of ether oxygens (including phenoxy) is 2. The fourth-order valence-electron chi connectivity index (χ4n) is 2.28. The van der Waals surface area contributed by atoms with Crippen molar-refractivity contribution < 1.29 is 14.3 Å². The van der Waals surface area contributed by atoms with Crippen LogP contribution in [-0.4, -0.2) is 31.9 Å². The lowest BCUT2D eigenvalue weighted by molar-refractivity contribution is -0.120. The van der Waals surface area contributed by atoms with Crippen LogP contribution < -0.4 is 14.8 Å². The van der Waals surface area contributed by atoms with Crippen molar-refractivity contribution >= 4 is 33.6 Å². The number of hydrogen-bond acceptors (Lipinski definition) is 4. The maximum atomic E-state index is 12.2. The molecule has 0 radical (unpaired) electrons. The first-order valence-electron chi connectivity index (χ1n) is 7.94. The van der Waals surface area contributed by atoms with Gasteiger partial charge in [0.1, 0.15) is 0 Å². The highest BCUT2D eigenvalue weighted by molar-refractivity contribution is 9.10. The van der Waals surface area contributed by atoms with Gasteiger partial charge in [0.15, 0.2) is 11.5 Å². The molecule has 0 saturated heterocycles. The third-order valence-corrected chi connectivity index (χ3v) is 5.30. The van der Waals surface area contributed by atoms with Crippen LogP contribution in [0.15, 0.2) is 51.8 Å². The zero-order chi connectivity index (χ0) is 18.2. The molecular formula is C19H22BrNO3S. The number of hydrogen-bond donors (Lipinski definition) is 1. The third-order valence-electron chi connectivity index (χ3n) is 3.66. The van der Waals surface area contributed by atoms with Gasteiger partial charge in [-0.15, -0.1) is 11.8 Å².